The molecule has 0 atom stereocenters. The second-order valence-corrected chi connectivity index (χ2v) is 8.82. The average Bonchev–Trinajstić information content (AvgIpc) is 2.80. The molecule has 4 rings (SSSR count). The summed E-state index contributed by atoms with van der Waals surface area (Å²) < 4.78 is 11.1. The Labute approximate surface area is 151 Å². The molecule has 0 aromatic carbocycles. The van der Waals surface area contributed by atoms with Crippen molar-refractivity contribution in [2.45, 2.75) is 64.0 Å². The molecular weight excluding hydrogens is 342 g/mol. The van der Waals surface area contributed by atoms with Gasteiger partial charge in [0.1, 0.15) is 11.1 Å². The van der Waals surface area contributed by atoms with Crippen molar-refractivity contribution in [2.24, 2.45) is 5.41 Å². The van der Waals surface area contributed by atoms with Crippen LogP contribution in [0.15, 0.2) is 16.7 Å². The molecule has 0 bridgehead atoms. The maximum Gasteiger partial charge on any atom is 0.407 e. The summed E-state index contributed by atoms with van der Waals surface area (Å²) in [6, 6.07) is 1.98. The van der Waals surface area contributed by atoms with Crippen LogP contribution in [0.3, 0.4) is 0 Å². The number of carbonyl (C=O) groups excluding carboxylic acids is 1. The lowest BCUT2D eigenvalue weighted by atomic mass is 9.50. The second kappa shape index (κ2) is 5.59. The van der Waals surface area contributed by atoms with Crippen molar-refractivity contribution >= 4 is 28.9 Å². The zero-order chi connectivity index (χ0) is 17.8. The summed E-state index contributed by atoms with van der Waals surface area (Å²) >= 11 is 5.94. The molecule has 2 aliphatic rings. The molecule has 2 aromatic heterocycles. The van der Waals surface area contributed by atoms with Crippen LogP contribution in [0.25, 0.3) is 11.2 Å². The van der Waals surface area contributed by atoms with E-state index in [1.54, 1.807) is 12.3 Å². The summed E-state index contributed by atoms with van der Waals surface area (Å²) in [5, 5.41) is 3.52. The summed E-state index contributed by atoms with van der Waals surface area (Å²) in [6.07, 6.45) is 5.31. The number of nitrogens with zero attached hydrogens (tertiary/aromatic N) is 2. The van der Waals surface area contributed by atoms with E-state index >= 15 is 0 Å². The van der Waals surface area contributed by atoms with Gasteiger partial charge in [-0.3, -0.25) is 0 Å². The normalized spacial score (nSPS) is 28.5. The van der Waals surface area contributed by atoms with Gasteiger partial charge in [0, 0.05) is 18.2 Å². The highest BCUT2D eigenvalue weighted by molar-refractivity contribution is 6.30. The lowest BCUT2D eigenvalue weighted by Crippen LogP contribution is -2.56. The van der Waals surface area contributed by atoms with Crippen molar-refractivity contribution in [3.8, 4) is 0 Å². The second-order valence-electron chi connectivity index (χ2n) is 8.39. The first kappa shape index (κ1) is 16.6. The number of pyridine rings is 1. The molecule has 0 saturated heterocycles. The van der Waals surface area contributed by atoms with Gasteiger partial charge in [-0.15, -0.1) is 0 Å². The number of hydrogen-bond acceptors (Lipinski definition) is 5. The highest BCUT2D eigenvalue weighted by Crippen LogP contribution is 2.61. The van der Waals surface area contributed by atoms with Gasteiger partial charge in [-0.1, -0.05) is 11.6 Å². The van der Waals surface area contributed by atoms with E-state index in [0.29, 0.717) is 27.6 Å². The molecule has 25 heavy (non-hydrogen) atoms. The first-order valence-electron chi connectivity index (χ1n) is 8.63. The summed E-state index contributed by atoms with van der Waals surface area (Å²) in [5.74, 6) is 1.08. The standard InChI is InChI=1S/C18H22ClN3O3/c1-17(2,3)25-16(23)21-12-7-18(8-12)5-10(6-18)14-22-13-4-11(19)9-20-15(13)24-14/h4,9-10,12H,5-8H2,1-3H3,(H,21,23). The van der Waals surface area contributed by atoms with Gasteiger partial charge in [-0.2, -0.15) is 0 Å². The summed E-state index contributed by atoms with van der Waals surface area (Å²) in [4.78, 5) is 20.5. The van der Waals surface area contributed by atoms with E-state index < -0.39 is 5.60 Å². The fourth-order valence-corrected chi connectivity index (χ4v) is 4.20. The Morgan fingerprint density at radius 2 is 2.08 bits per heavy atom. The van der Waals surface area contributed by atoms with Crippen LogP contribution < -0.4 is 5.32 Å². The Balaban J connectivity index is 1.30. The van der Waals surface area contributed by atoms with Gasteiger partial charge < -0.3 is 14.5 Å². The fourth-order valence-electron chi connectivity index (χ4n) is 4.05. The van der Waals surface area contributed by atoms with E-state index in [2.05, 4.69) is 15.3 Å². The van der Waals surface area contributed by atoms with Gasteiger partial charge in [0.25, 0.3) is 0 Å². The Hall–Kier alpha value is -1.82. The lowest BCUT2D eigenvalue weighted by Gasteiger charge is -2.56. The predicted octanol–water partition coefficient (Wildman–Crippen LogP) is 4.43. The number of aromatic nitrogens is 2. The minimum atomic E-state index is -0.461. The number of amides is 1. The van der Waals surface area contributed by atoms with Gasteiger partial charge in [0.2, 0.25) is 11.6 Å². The van der Waals surface area contributed by atoms with Crippen molar-refractivity contribution in [1.82, 2.24) is 15.3 Å². The van der Waals surface area contributed by atoms with E-state index in [4.69, 9.17) is 20.8 Å². The van der Waals surface area contributed by atoms with E-state index in [1.165, 1.54) is 0 Å². The molecular formula is C18H22ClN3O3. The number of rotatable bonds is 2. The molecule has 0 aliphatic heterocycles. The summed E-state index contributed by atoms with van der Waals surface area (Å²) in [6.45, 7) is 5.61. The molecule has 1 amide bonds. The van der Waals surface area contributed by atoms with Crippen LogP contribution in [-0.2, 0) is 4.74 Å². The van der Waals surface area contributed by atoms with Gasteiger partial charge in [-0.25, -0.2) is 14.8 Å². The van der Waals surface area contributed by atoms with Crippen molar-refractivity contribution in [3.05, 3.63) is 23.2 Å². The van der Waals surface area contributed by atoms with Crippen LogP contribution in [0, 0.1) is 5.41 Å². The molecule has 7 heteroatoms. The third kappa shape index (κ3) is 3.32. The number of fused-ring (bicyclic) bond motifs is 1. The smallest absolute Gasteiger partial charge is 0.407 e. The number of carbonyl (C=O) groups is 1. The molecule has 2 fully saturated rings. The third-order valence-electron chi connectivity index (χ3n) is 5.02. The topological polar surface area (TPSA) is 77.2 Å². The minimum Gasteiger partial charge on any atom is -0.444 e. The molecule has 2 saturated carbocycles. The first-order valence-corrected chi connectivity index (χ1v) is 9.01. The zero-order valence-electron chi connectivity index (χ0n) is 14.6. The number of alkyl carbamates (subject to hydrolysis) is 1. The predicted molar refractivity (Wildman–Crippen MR) is 93.6 cm³/mol. The number of nitrogens with one attached hydrogen (secondary N) is 1. The van der Waals surface area contributed by atoms with Crippen molar-refractivity contribution in [2.75, 3.05) is 0 Å². The Morgan fingerprint density at radius 3 is 2.76 bits per heavy atom. The Kier molecular flexibility index (Phi) is 3.72. The number of hydrogen-bond donors (Lipinski definition) is 1. The van der Waals surface area contributed by atoms with Crippen molar-refractivity contribution in [3.63, 3.8) is 0 Å². The molecule has 6 nitrogen and oxygen atoms in total. The highest BCUT2D eigenvalue weighted by Gasteiger charge is 2.55. The van der Waals surface area contributed by atoms with Crippen LogP contribution in [0.5, 0.6) is 0 Å². The molecule has 1 N–H and O–H groups in total. The number of oxazole rings is 1. The van der Waals surface area contributed by atoms with Gasteiger partial charge in [0.05, 0.1) is 5.02 Å². The van der Waals surface area contributed by atoms with E-state index in [-0.39, 0.29) is 12.1 Å². The third-order valence-corrected chi connectivity index (χ3v) is 5.23. The van der Waals surface area contributed by atoms with E-state index in [9.17, 15) is 4.79 Å². The van der Waals surface area contributed by atoms with Crippen LogP contribution in [0.2, 0.25) is 5.02 Å². The molecule has 1 spiro atoms. The van der Waals surface area contributed by atoms with E-state index in [1.807, 2.05) is 20.8 Å². The van der Waals surface area contributed by atoms with Crippen molar-refractivity contribution < 1.29 is 13.9 Å². The van der Waals surface area contributed by atoms with E-state index in [0.717, 1.165) is 31.6 Å². The molecule has 0 radical (unpaired) electrons. The molecule has 2 heterocycles. The maximum atomic E-state index is 11.8. The van der Waals surface area contributed by atoms with Crippen LogP contribution in [-0.4, -0.2) is 27.7 Å². The Bertz CT molecular complexity index is 813. The summed E-state index contributed by atoms with van der Waals surface area (Å²) in [5.41, 5.74) is 1.10. The SMILES string of the molecule is CC(C)(C)OC(=O)NC1CC2(C1)CC(c1nc3cc(Cl)cnc3o1)C2. The average molecular weight is 364 g/mol. The monoisotopic (exact) mass is 363 g/mol. The number of halogens is 1. The van der Waals surface area contributed by atoms with Gasteiger partial charge >= 0.3 is 6.09 Å². The summed E-state index contributed by atoms with van der Waals surface area (Å²) in [7, 11) is 0. The molecule has 134 valence electrons. The van der Waals surface area contributed by atoms with Crippen molar-refractivity contribution in [1.29, 1.82) is 0 Å². The van der Waals surface area contributed by atoms with Crippen LogP contribution in [0.1, 0.15) is 58.3 Å². The fraction of sp³-hybridized carbons (Fsp3) is 0.611. The maximum absolute atomic E-state index is 11.8. The largest absolute Gasteiger partial charge is 0.444 e. The Morgan fingerprint density at radius 1 is 1.36 bits per heavy atom. The lowest BCUT2D eigenvalue weighted by molar-refractivity contribution is -0.0311. The number of ether oxygens (including phenoxy) is 1. The molecule has 2 aromatic rings. The minimum absolute atomic E-state index is 0.208. The first-order chi connectivity index (χ1) is 11.7. The molecule has 2 aliphatic carbocycles. The highest BCUT2D eigenvalue weighted by atomic mass is 35.5. The van der Waals surface area contributed by atoms with Crippen LogP contribution >= 0.6 is 11.6 Å². The van der Waals surface area contributed by atoms with Crippen LogP contribution in [0.4, 0.5) is 4.79 Å². The van der Waals surface area contributed by atoms with Gasteiger partial charge in [0.15, 0.2) is 0 Å². The molecule has 0 unspecified atom stereocenters. The van der Waals surface area contributed by atoms with Gasteiger partial charge in [-0.05, 0) is 57.9 Å². The quantitative estimate of drug-likeness (QED) is 0.854. The zero-order valence-corrected chi connectivity index (χ0v) is 15.4.